The highest BCUT2D eigenvalue weighted by Crippen LogP contribution is 2.19. The van der Waals surface area contributed by atoms with Gasteiger partial charge in [-0.05, 0) is 25.5 Å². The zero-order valence-electron chi connectivity index (χ0n) is 9.67. The SMILES string of the molecule is CC(N)CCNC(=O)Cc1c(F)cccc1Cl. The zero-order valence-corrected chi connectivity index (χ0v) is 10.4. The van der Waals surface area contributed by atoms with Gasteiger partial charge in [0.1, 0.15) is 5.82 Å². The highest BCUT2D eigenvalue weighted by atomic mass is 35.5. The van der Waals surface area contributed by atoms with E-state index < -0.39 is 5.82 Å². The van der Waals surface area contributed by atoms with E-state index in [9.17, 15) is 9.18 Å². The minimum Gasteiger partial charge on any atom is -0.356 e. The average Bonchev–Trinajstić information content (AvgIpc) is 2.23. The number of carbonyl (C=O) groups is 1. The van der Waals surface area contributed by atoms with Crippen LogP contribution in [0.3, 0.4) is 0 Å². The number of rotatable bonds is 5. The summed E-state index contributed by atoms with van der Waals surface area (Å²) in [6, 6.07) is 4.40. The Morgan fingerprint density at radius 3 is 2.88 bits per heavy atom. The Labute approximate surface area is 105 Å². The van der Waals surface area contributed by atoms with Gasteiger partial charge in [-0.3, -0.25) is 4.79 Å². The van der Waals surface area contributed by atoms with E-state index in [0.717, 1.165) is 0 Å². The van der Waals surface area contributed by atoms with Crippen molar-refractivity contribution in [1.82, 2.24) is 5.32 Å². The van der Waals surface area contributed by atoms with Gasteiger partial charge in [0.2, 0.25) is 5.91 Å². The number of halogens is 2. The van der Waals surface area contributed by atoms with E-state index in [0.29, 0.717) is 13.0 Å². The highest BCUT2D eigenvalue weighted by molar-refractivity contribution is 6.31. The van der Waals surface area contributed by atoms with Crippen molar-refractivity contribution in [2.45, 2.75) is 25.8 Å². The van der Waals surface area contributed by atoms with Gasteiger partial charge in [0.25, 0.3) is 0 Å². The van der Waals surface area contributed by atoms with Crippen LogP contribution in [0, 0.1) is 5.82 Å². The van der Waals surface area contributed by atoms with Crippen LogP contribution >= 0.6 is 11.6 Å². The average molecular weight is 259 g/mol. The molecule has 1 aromatic rings. The maximum absolute atomic E-state index is 13.4. The molecule has 94 valence electrons. The van der Waals surface area contributed by atoms with Crippen LogP contribution in [0.1, 0.15) is 18.9 Å². The maximum atomic E-state index is 13.4. The molecule has 3 nitrogen and oxygen atoms in total. The second-order valence-electron chi connectivity index (χ2n) is 3.99. The molecular weight excluding hydrogens is 243 g/mol. The second-order valence-corrected chi connectivity index (χ2v) is 4.40. The Morgan fingerprint density at radius 2 is 2.29 bits per heavy atom. The van der Waals surface area contributed by atoms with E-state index in [1.165, 1.54) is 12.1 Å². The van der Waals surface area contributed by atoms with Gasteiger partial charge in [0, 0.05) is 23.2 Å². The first kappa shape index (κ1) is 13.9. The lowest BCUT2D eigenvalue weighted by Crippen LogP contribution is -2.30. The fourth-order valence-corrected chi connectivity index (χ4v) is 1.59. The topological polar surface area (TPSA) is 55.1 Å². The summed E-state index contributed by atoms with van der Waals surface area (Å²) in [5.41, 5.74) is 5.78. The van der Waals surface area contributed by atoms with E-state index in [2.05, 4.69) is 5.32 Å². The van der Waals surface area contributed by atoms with E-state index >= 15 is 0 Å². The van der Waals surface area contributed by atoms with Crippen LogP contribution in [0.4, 0.5) is 4.39 Å². The van der Waals surface area contributed by atoms with Gasteiger partial charge < -0.3 is 11.1 Å². The summed E-state index contributed by atoms with van der Waals surface area (Å²) < 4.78 is 13.4. The lowest BCUT2D eigenvalue weighted by molar-refractivity contribution is -0.120. The first-order valence-electron chi connectivity index (χ1n) is 5.46. The van der Waals surface area contributed by atoms with Gasteiger partial charge in [-0.15, -0.1) is 0 Å². The Bertz CT molecular complexity index is 376. The fourth-order valence-electron chi connectivity index (χ4n) is 1.36. The number of nitrogens with one attached hydrogen (secondary N) is 1. The molecule has 0 aromatic heterocycles. The molecule has 5 heteroatoms. The molecule has 3 N–H and O–H groups in total. The van der Waals surface area contributed by atoms with Crippen LogP contribution in [-0.4, -0.2) is 18.5 Å². The number of nitrogens with two attached hydrogens (primary N) is 1. The Kier molecular flexibility index (Phi) is 5.38. The minimum absolute atomic E-state index is 0.0346. The summed E-state index contributed by atoms with van der Waals surface area (Å²) in [5.74, 6) is -0.711. The molecule has 0 radical (unpaired) electrons. The largest absolute Gasteiger partial charge is 0.356 e. The van der Waals surface area contributed by atoms with E-state index in [1.807, 2.05) is 6.92 Å². The molecule has 17 heavy (non-hydrogen) atoms. The van der Waals surface area contributed by atoms with Gasteiger partial charge >= 0.3 is 0 Å². The van der Waals surface area contributed by atoms with Crippen LogP contribution in [0.2, 0.25) is 5.02 Å². The molecule has 1 atom stereocenters. The maximum Gasteiger partial charge on any atom is 0.224 e. The Morgan fingerprint density at radius 1 is 1.59 bits per heavy atom. The molecule has 0 spiro atoms. The number of hydrogen-bond donors (Lipinski definition) is 2. The molecule has 0 fully saturated rings. The standard InChI is InChI=1S/C12H16ClFN2O/c1-8(15)5-6-16-12(17)7-9-10(13)3-2-4-11(9)14/h2-4,8H,5-7,15H2,1H3,(H,16,17). The first-order chi connectivity index (χ1) is 8.00. The van der Waals surface area contributed by atoms with Gasteiger partial charge in [0.15, 0.2) is 0 Å². The summed E-state index contributed by atoms with van der Waals surface area (Å²) in [6.07, 6.45) is 0.640. The van der Waals surface area contributed by atoms with Crippen LogP contribution in [0.15, 0.2) is 18.2 Å². The molecule has 0 bridgehead atoms. The molecule has 0 aliphatic carbocycles. The molecule has 1 rings (SSSR count). The number of carbonyl (C=O) groups excluding carboxylic acids is 1. The third-order valence-electron chi connectivity index (χ3n) is 2.32. The number of benzene rings is 1. The lowest BCUT2D eigenvalue weighted by Gasteiger charge is -2.08. The molecule has 0 heterocycles. The van der Waals surface area contributed by atoms with E-state index in [1.54, 1.807) is 6.07 Å². The Hall–Kier alpha value is -1.13. The Balaban J connectivity index is 2.51. The lowest BCUT2D eigenvalue weighted by atomic mass is 10.1. The highest BCUT2D eigenvalue weighted by Gasteiger charge is 2.11. The van der Waals surface area contributed by atoms with Gasteiger partial charge in [0.05, 0.1) is 6.42 Å². The van der Waals surface area contributed by atoms with E-state index in [4.69, 9.17) is 17.3 Å². The van der Waals surface area contributed by atoms with Crippen molar-refractivity contribution in [2.75, 3.05) is 6.54 Å². The van der Waals surface area contributed by atoms with Crippen molar-refractivity contribution in [1.29, 1.82) is 0 Å². The molecular formula is C12H16ClFN2O. The third kappa shape index (κ3) is 4.71. The quantitative estimate of drug-likeness (QED) is 0.847. The van der Waals surface area contributed by atoms with Crippen molar-refractivity contribution in [2.24, 2.45) is 5.73 Å². The van der Waals surface area contributed by atoms with Crippen molar-refractivity contribution >= 4 is 17.5 Å². The normalized spacial score (nSPS) is 12.2. The number of amides is 1. The summed E-state index contributed by atoms with van der Waals surface area (Å²) in [7, 11) is 0. The van der Waals surface area contributed by atoms with Gasteiger partial charge in [-0.25, -0.2) is 4.39 Å². The molecule has 0 aliphatic heterocycles. The monoisotopic (exact) mass is 258 g/mol. The second kappa shape index (κ2) is 6.57. The third-order valence-corrected chi connectivity index (χ3v) is 2.67. The van der Waals surface area contributed by atoms with Crippen molar-refractivity contribution in [3.8, 4) is 0 Å². The number of hydrogen-bond acceptors (Lipinski definition) is 2. The van der Waals surface area contributed by atoms with Crippen LogP contribution in [0.25, 0.3) is 0 Å². The van der Waals surface area contributed by atoms with Crippen molar-refractivity contribution in [3.63, 3.8) is 0 Å². The molecule has 0 saturated carbocycles. The predicted molar refractivity (Wildman–Crippen MR) is 66.4 cm³/mol. The molecule has 1 aromatic carbocycles. The van der Waals surface area contributed by atoms with Crippen LogP contribution in [-0.2, 0) is 11.2 Å². The minimum atomic E-state index is -0.458. The summed E-state index contributed by atoms with van der Waals surface area (Å²) in [6.45, 7) is 2.35. The van der Waals surface area contributed by atoms with Gasteiger partial charge in [-0.2, -0.15) is 0 Å². The van der Waals surface area contributed by atoms with Crippen LogP contribution in [0.5, 0.6) is 0 Å². The summed E-state index contributed by atoms with van der Waals surface area (Å²) >= 11 is 5.82. The first-order valence-corrected chi connectivity index (χ1v) is 5.83. The summed E-state index contributed by atoms with van der Waals surface area (Å²) in [5, 5.41) is 2.94. The van der Waals surface area contributed by atoms with Crippen molar-refractivity contribution < 1.29 is 9.18 Å². The molecule has 1 unspecified atom stereocenters. The van der Waals surface area contributed by atoms with Gasteiger partial charge in [-0.1, -0.05) is 17.7 Å². The van der Waals surface area contributed by atoms with E-state index in [-0.39, 0.29) is 29.0 Å². The molecule has 1 amide bonds. The van der Waals surface area contributed by atoms with Crippen molar-refractivity contribution in [3.05, 3.63) is 34.6 Å². The predicted octanol–water partition coefficient (Wildman–Crippen LogP) is 1.88. The van der Waals surface area contributed by atoms with Crippen LogP contribution < -0.4 is 11.1 Å². The molecule has 0 aliphatic rings. The fraction of sp³-hybridized carbons (Fsp3) is 0.417. The molecule has 0 saturated heterocycles. The zero-order chi connectivity index (χ0) is 12.8. The smallest absolute Gasteiger partial charge is 0.224 e. The summed E-state index contributed by atoms with van der Waals surface area (Å²) in [4.78, 5) is 11.5.